The molecule has 0 heterocycles. The van der Waals surface area contributed by atoms with Gasteiger partial charge in [0, 0.05) is 10.5 Å². The van der Waals surface area contributed by atoms with E-state index in [2.05, 4.69) is 60.3 Å². The summed E-state index contributed by atoms with van der Waals surface area (Å²) in [6.07, 6.45) is 1.11. The van der Waals surface area contributed by atoms with Crippen molar-refractivity contribution in [2.45, 2.75) is 33.2 Å². The molecule has 2 atom stereocenters. The predicted molar refractivity (Wildman–Crippen MR) is 68.4 cm³/mol. The minimum Gasteiger partial charge on any atom is -0.271 e. The fourth-order valence-corrected chi connectivity index (χ4v) is 2.22. The smallest absolute Gasteiger partial charge is 0.0496 e. The largest absolute Gasteiger partial charge is 0.271 e. The predicted octanol–water partition coefficient (Wildman–Crippen LogP) is 3.31. The van der Waals surface area contributed by atoms with Gasteiger partial charge in [0.2, 0.25) is 0 Å². The lowest BCUT2D eigenvalue weighted by Crippen LogP contribution is -2.32. The van der Waals surface area contributed by atoms with Gasteiger partial charge in [0.25, 0.3) is 0 Å². The molecule has 0 radical (unpaired) electrons. The van der Waals surface area contributed by atoms with E-state index in [4.69, 9.17) is 5.84 Å². The summed E-state index contributed by atoms with van der Waals surface area (Å²) >= 11 is 3.62. The Balaban J connectivity index is 3.07. The van der Waals surface area contributed by atoms with Gasteiger partial charge >= 0.3 is 0 Å². The van der Waals surface area contributed by atoms with Crippen molar-refractivity contribution < 1.29 is 0 Å². The van der Waals surface area contributed by atoms with Crippen molar-refractivity contribution in [3.8, 4) is 0 Å². The Morgan fingerprint density at radius 1 is 1.47 bits per heavy atom. The van der Waals surface area contributed by atoms with Gasteiger partial charge in [0.05, 0.1) is 0 Å². The molecular formula is C12H19BrN2. The van der Waals surface area contributed by atoms with E-state index in [1.807, 2.05) is 0 Å². The van der Waals surface area contributed by atoms with Gasteiger partial charge in [-0.25, -0.2) is 0 Å². The van der Waals surface area contributed by atoms with Crippen molar-refractivity contribution in [2.75, 3.05) is 0 Å². The molecular weight excluding hydrogens is 252 g/mol. The minimum atomic E-state index is 0.212. The van der Waals surface area contributed by atoms with Crippen LogP contribution in [-0.2, 0) is 0 Å². The summed E-state index contributed by atoms with van der Waals surface area (Å²) < 4.78 is 1.16. The van der Waals surface area contributed by atoms with E-state index >= 15 is 0 Å². The molecule has 0 aromatic heterocycles. The molecule has 0 bridgehead atoms. The summed E-state index contributed by atoms with van der Waals surface area (Å²) in [4.78, 5) is 0. The third-order valence-corrected chi connectivity index (χ3v) is 4.03. The minimum absolute atomic E-state index is 0.212. The van der Waals surface area contributed by atoms with Crippen LogP contribution in [-0.4, -0.2) is 0 Å². The number of hydrogen-bond donors (Lipinski definition) is 2. The van der Waals surface area contributed by atoms with Gasteiger partial charge < -0.3 is 0 Å². The number of hydrazine groups is 1. The molecule has 0 aliphatic heterocycles. The van der Waals surface area contributed by atoms with Crippen LogP contribution in [0.4, 0.5) is 0 Å². The quantitative estimate of drug-likeness (QED) is 0.651. The number of nitrogens with two attached hydrogens (primary N) is 1. The highest BCUT2D eigenvalue weighted by Gasteiger charge is 2.19. The molecule has 0 aliphatic carbocycles. The fraction of sp³-hybridized carbons (Fsp3) is 0.500. The van der Waals surface area contributed by atoms with Crippen LogP contribution in [0.5, 0.6) is 0 Å². The van der Waals surface area contributed by atoms with E-state index < -0.39 is 0 Å². The molecule has 0 saturated heterocycles. The van der Waals surface area contributed by atoms with E-state index in [-0.39, 0.29) is 6.04 Å². The molecule has 3 N–H and O–H groups in total. The Morgan fingerprint density at radius 3 is 2.67 bits per heavy atom. The van der Waals surface area contributed by atoms with E-state index in [9.17, 15) is 0 Å². The first-order chi connectivity index (χ1) is 7.11. The number of benzene rings is 1. The lowest BCUT2D eigenvalue weighted by molar-refractivity contribution is 0.381. The highest BCUT2D eigenvalue weighted by atomic mass is 79.9. The number of hydrogen-bond acceptors (Lipinski definition) is 2. The number of nitrogens with one attached hydrogen (secondary N) is 1. The van der Waals surface area contributed by atoms with Crippen molar-refractivity contribution in [3.63, 3.8) is 0 Å². The molecule has 84 valence electrons. The second-order valence-electron chi connectivity index (χ2n) is 4.01. The molecule has 2 unspecified atom stereocenters. The molecule has 1 aromatic rings. The standard InChI is InChI=1S/C12H19BrN2/c1-4-8(2)12(15-14)10-7-5-6-9(3)11(10)13/h5-8,12,15H,4,14H2,1-3H3. The zero-order chi connectivity index (χ0) is 11.4. The summed E-state index contributed by atoms with van der Waals surface area (Å²) in [6, 6.07) is 6.50. The first-order valence-electron chi connectivity index (χ1n) is 5.33. The lowest BCUT2D eigenvalue weighted by Gasteiger charge is -2.24. The van der Waals surface area contributed by atoms with Crippen molar-refractivity contribution in [1.29, 1.82) is 0 Å². The average molecular weight is 271 g/mol. The average Bonchev–Trinajstić information content (AvgIpc) is 2.24. The summed E-state index contributed by atoms with van der Waals surface area (Å²) in [5, 5.41) is 0. The van der Waals surface area contributed by atoms with Crippen LogP contribution in [0.25, 0.3) is 0 Å². The zero-order valence-electron chi connectivity index (χ0n) is 9.55. The van der Waals surface area contributed by atoms with Crippen LogP contribution < -0.4 is 11.3 Å². The van der Waals surface area contributed by atoms with E-state index in [0.29, 0.717) is 5.92 Å². The molecule has 0 amide bonds. The maximum absolute atomic E-state index is 5.63. The maximum Gasteiger partial charge on any atom is 0.0496 e. The topological polar surface area (TPSA) is 38.0 Å². The Labute approximate surface area is 100 Å². The van der Waals surface area contributed by atoms with E-state index in [1.165, 1.54) is 11.1 Å². The van der Waals surface area contributed by atoms with E-state index in [0.717, 1.165) is 10.9 Å². The molecule has 15 heavy (non-hydrogen) atoms. The SMILES string of the molecule is CCC(C)C(NN)c1cccc(C)c1Br. The Hall–Kier alpha value is -0.380. The Morgan fingerprint density at radius 2 is 2.13 bits per heavy atom. The van der Waals surface area contributed by atoms with Gasteiger partial charge in [0.1, 0.15) is 0 Å². The third kappa shape index (κ3) is 2.80. The maximum atomic E-state index is 5.63. The van der Waals surface area contributed by atoms with Gasteiger partial charge in [0.15, 0.2) is 0 Å². The van der Waals surface area contributed by atoms with Crippen molar-refractivity contribution in [2.24, 2.45) is 11.8 Å². The van der Waals surface area contributed by atoms with Crippen molar-refractivity contribution >= 4 is 15.9 Å². The van der Waals surface area contributed by atoms with Gasteiger partial charge in [-0.3, -0.25) is 11.3 Å². The lowest BCUT2D eigenvalue weighted by atomic mass is 9.92. The number of rotatable bonds is 4. The third-order valence-electron chi connectivity index (χ3n) is 2.95. The molecule has 2 nitrogen and oxygen atoms in total. The first-order valence-corrected chi connectivity index (χ1v) is 6.12. The van der Waals surface area contributed by atoms with Crippen molar-refractivity contribution in [3.05, 3.63) is 33.8 Å². The second kappa shape index (κ2) is 5.64. The normalized spacial score (nSPS) is 15.0. The summed E-state index contributed by atoms with van der Waals surface area (Å²) in [5.41, 5.74) is 5.40. The van der Waals surface area contributed by atoms with Gasteiger partial charge in [-0.1, -0.05) is 54.4 Å². The van der Waals surface area contributed by atoms with Crippen molar-refractivity contribution in [1.82, 2.24) is 5.43 Å². The first kappa shape index (κ1) is 12.7. The zero-order valence-corrected chi connectivity index (χ0v) is 11.1. The van der Waals surface area contributed by atoms with Crippen LogP contribution in [0.1, 0.15) is 37.4 Å². The van der Waals surface area contributed by atoms with Gasteiger partial charge in [-0.15, -0.1) is 0 Å². The molecule has 0 saturated carbocycles. The van der Waals surface area contributed by atoms with Gasteiger partial charge in [-0.05, 0) is 24.0 Å². The van der Waals surface area contributed by atoms with Crippen LogP contribution in [0.15, 0.2) is 22.7 Å². The molecule has 0 fully saturated rings. The highest BCUT2D eigenvalue weighted by molar-refractivity contribution is 9.10. The van der Waals surface area contributed by atoms with E-state index in [1.54, 1.807) is 0 Å². The molecule has 1 rings (SSSR count). The fourth-order valence-electron chi connectivity index (χ4n) is 1.71. The molecule has 3 heteroatoms. The van der Waals surface area contributed by atoms with Crippen LogP contribution >= 0.6 is 15.9 Å². The van der Waals surface area contributed by atoms with Gasteiger partial charge in [-0.2, -0.15) is 0 Å². The number of aryl methyl sites for hydroxylation is 1. The molecule has 0 spiro atoms. The summed E-state index contributed by atoms with van der Waals surface area (Å²) in [6.45, 7) is 6.48. The molecule has 1 aromatic carbocycles. The monoisotopic (exact) mass is 270 g/mol. The van der Waals surface area contributed by atoms with Crippen LogP contribution in [0, 0.1) is 12.8 Å². The van der Waals surface area contributed by atoms with Crippen LogP contribution in [0.3, 0.4) is 0 Å². The second-order valence-corrected chi connectivity index (χ2v) is 4.80. The highest BCUT2D eigenvalue weighted by Crippen LogP contribution is 2.31. The molecule has 0 aliphatic rings. The Kier molecular flexibility index (Phi) is 4.77. The number of halogens is 1. The van der Waals surface area contributed by atoms with Crippen LogP contribution in [0.2, 0.25) is 0 Å². The summed E-state index contributed by atoms with van der Waals surface area (Å²) in [5.74, 6) is 6.15. The summed E-state index contributed by atoms with van der Waals surface area (Å²) in [7, 11) is 0. The Bertz CT molecular complexity index is 325.